The van der Waals surface area contributed by atoms with E-state index in [1.165, 1.54) is 6.92 Å². The lowest BCUT2D eigenvalue weighted by Gasteiger charge is -2.39. The van der Waals surface area contributed by atoms with E-state index in [1.807, 2.05) is 0 Å². The summed E-state index contributed by atoms with van der Waals surface area (Å²) < 4.78 is 31.2. The van der Waals surface area contributed by atoms with E-state index in [0.717, 1.165) is 0 Å². The van der Waals surface area contributed by atoms with Gasteiger partial charge in [0.25, 0.3) is 10.1 Å². The molecule has 0 saturated heterocycles. The summed E-state index contributed by atoms with van der Waals surface area (Å²) in [5, 5.41) is 18.7. The van der Waals surface area contributed by atoms with E-state index in [1.54, 1.807) is 13.8 Å². The van der Waals surface area contributed by atoms with Gasteiger partial charge in [0, 0.05) is 5.41 Å². The largest absolute Gasteiger partial charge is 0.392 e. The van der Waals surface area contributed by atoms with Crippen LogP contribution in [-0.2, 0) is 10.1 Å². The monoisotopic (exact) mass is 252 g/mol. The standard InChI is InChI=1S/C10H20O5S/c1-6(7(2)16(13,14)15)10(3)8(11)4-5-9(10)12/h6-9,11-12H,4-5H2,1-3H3,(H,13,14,15). The fraction of sp³-hybridized carbons (Fsp3) is 1.00. The van der Waals surface area contributed by atoms with E-state index >= 15 is 0 Å². The van der Waals surface area contributed by atoms with Gasteiger partial charge in [-0.2, -0.15) is 8.42 Å². The Morgan fingerprint density at radius 1 is 1.19 bits per heavy atom. The molecular weight excluding hydrogens is 232 g/mol. The van der Waals surface area contributed by atoms with Gasteiger partial charge in [0.05, 0.1) is 17.5 Å². The average Bonchev–Trinajstić information content (AvgIpc) is 2.43. The lowest BCUT2D eigenvalue weighted by atomic mass is 9.72. The van der Waals surface area contributed by atoms with Crippen LogP contribution in [0.3, 0.4) is 0 Å². The van der Waals surface area contributed by atoms with E-state index in [4.69, 9.17) is 4.55 Å². The summed E-state index contributed by atoms with van der Waals surface area (Å²) >= 11 is 0. The van der Waals surface area contributed by atoms with Crippen LogP contribution in [0.5, 0.6) is 0 Å². The zero-order chi connectivity index (χ0) is 12.7. The first-order chi connectivity index (χ1) is 7.11. The molecule has 0 heterocycles. The van der Waals surface area contributed by atoms with Crippen LogP contribution in [0.25, 0.3) is 0 Å². The van der Waals surface area contributed by atoms with Gasteiger partial charge in [0.2, 0.25) is 0 Å². The second kappa shape index (κ2) is 4.25. The molecule has 0 aromatic heterocycles. The summed E-state index contributed by atoms with van der Waals surface area (Å²) in [6.45, 7) is 4.70. The molecule has 0 aromatic rings. The molecule has 16 heavy (non-hydrogen) atoms. The minimum atomic E-state index is -4.15. The molecule has 0 spiro atoms. The fourth-order valence-electron chi connectivity index (χ4n) is 2.53. The molecule has 1 fully saturated rings. The second-order valence-corrected chi connectivity index (χ2v) is 6.76. The molecule has 3 N–H and O–H groups in total. The highest BCUT2D eigenvalue weighted by Crippen LogP contribution is 2.46. The maximum Gasteiger partial charge on any atom is 0.267 e. The van der Waals surface area contributed by atoms with Crippen molar-refractivity contribution in [3.05, 3.63) is 0 Å². The van der Waals surface area contributed by atoms with Crippen molar-refractivity contribution in [2.45, 2.75) is 51.1 Å². The molecular formula is C10H20O5S. The van der Waals surface area contributed by atoms with Crippen molar-refractivity contribution < 1.29 is 23.2 Å². The summed E-state index contributed by atoms with van der Waals surface area (Å²) in [5.74, 6) is -0.519. The zero-order valence-electron chi connectivity index (χ0n) is 9.79. The molecule has 4 unspecified atom stereocenters. The zero-order valence-corrected chi connectivity index (χ0v) is 10.6. The van der Waals surface area contributed by atoms with Gasteiger partial charge in [0.1, 0.15) is 0 Å². The maximum atomic E-state index is 11.1. The third-order valence-electron chi connectivity index (χ3n) is 4.30. The summed E-state index contributed by atoms with van der Waals surface area (Å²) in [5.41, 5.74) is -0.880. The maximum absolute atomic E-state index is 11.1. The molecule has 0 aliphatic heterocycles. The van der Waals surface area contributed by atoms with Crippen molar-refractivity contribution in [1.29, 1.82) is 0 Å². The molecule has 6 heteroatoms. The van der Waals surface area contributed by atoms with Gasteiger partial charge in [-0.15, -0.1) is 0 Å². The Balaban J connectivity index is 3.00. The van der Waals surface area contributed by atoms with Crippen molar-refractivity contribution in [2.75, 3.05) is 0 Å². The third kappa shape index (κ3) is 2.11. The number of hydrogen-bond donors (Lipinski definition) is 3. The summed E-state index contributed by atoms with van der Waals surface area (Å²) in [7, 11) is -4.15. The van der Waals surface area contributed by atoms with E-state index in [-0.39, 0.29) is 0 Å². The minimum Gasteiger partial charge on any atom is -0.392 e. The normalized spacial score (nSPS) is 39.6. The topological polar surface area (TPSA) is 94.8 Å². The number of rotatable bonds is 3. The van der Waals surface area contributed by atoms with Crippen molar-refractivity contribution in [1.82, 2.24) is 0 Å². The molecule has 0 amide bonds. The summed E-state index contributed by atoms with van der Waals surface area (Å²) in [4.78, 5) is 0. The second-order valence-electron chi connectivity index (χ2n) is 4.98. The predicted molar refractivity (Wildman–Crippen MR) is 59.5 cm³/mol. The Morgan fingerprint density at radius 2 is 1.56 bits per heavy atom. The molecule has 1 saturated carbocycles. The van der Waals surface area contributed by atoms with Crippen LogP contribution < -0.4 is 0 Å². The van der Waals surface area contributed by atoms with Crippen LogP contribution in [0.4, 0.5) is 0 Å². The van der Waals surface area contributed by atoms with Crippen LogP contribution in [0.1, 0.15) is 33.6 Å². The molecule has 1 aliphatic rings. The van der Waals surface area contributed by atoms with Crippen molar-refractivity contribution in [3.8, 4) is 0 Å². The van der Waals surface area contributed by atoms with Gasteiger partial charge in [-0.3, -0.25) is 4.55 Å². The molecule has 0 aromatic carbocycles. The van der Waals surface area contributed by atoms with Crippen molar-refractivity contribution >= 4 is 10.1 Å². The number of aliphatic hydroxyl groups is 2. The molecule has 96 valence electrons. The van der Waals surface area contributed by atoms with E-state index in [9.17, 15) is 18.6 Å². The Hall–Kier alpha value is -0.170. The first-order valence-electron chi connectivity index (χ1n) is 5.44. The Labute approximate surface area is 96.2 Å². The van der Waals surface area contributed by atoms with Gasteiger partial charge in [-0.1, -0.05) is 13.8 Å². The lowest BCUT2D eigenvalue weighted by molar-refractivity contribution is -0.0478. The Morgan fingerprint density at radius 3 is 1.88 bits per heavy atom. The molecule has 1 aliphatic carbocycles. The highest BCUT2D eigenvalue weighted by atomic mass is 32.2. The predicted octanol–water partition coefficient (Wildman–Crippen LogP) is 0.421. The van der Waals surface area contributed by atoms with Gasteiger partial charge in [0.15, 0.2) is 0 Å². The van der Waals surface area contributed by atoms with Crippen LogP contribution in [-0.4, -0.2) is 40.6 Å². The van der Waals surface area contributed by atoms with Crippen LogP contribution >= 0.6 is 0 Å². The average molecular weight is 252 g/mol. The van der Waals surface area contributed by atoms with Gasteiger partial charge in [-0.25, -0.2) is 0 Å². The van der Waals surface area contributed by atoms with E-state index < -0.39 is 38.9 Å². The van der Waals surface area contributed by atoms with Gasteiger partial charge >= 0.3 is 0 Å². The van der Waals surface area contributed by atoms with Crippen LogP contribution in [0.15, 0.2) is 0 Å². The molecule has 4 atom stereocenters. The highest BCUT2D eigenvalue weighted by molar-refractivity contribution is 7.86. The minimum absolute atomic E-state index is 0.459. The van der Waals surface area contributed by atoms with Crippen LogP contribution in [0.2, 0.25) is 0 Å². The van der Waals surface area contributed by atoms with Gasteiger partial charge < -0.3 is 10.2 Å². The summed E-state index contributed by atoms with van der Waals surface area (Å²) in [6, 6.07) is 0. The number of hydrogen-bond acceptors (Lipinski definition) is 4. The first-order valence-corrected chi connectivity index (χ1v) is 6.94. The Bertz CT molecular complexity index is 340. The molecule has 5 nitrogen and oxygen atoms in total. The van der Waals surface area contributed by atoms with Crippen LogP contribution in [0, 0.1) is 11.3 Å². The Kier molecular flexibility index (Phi) is 3.69. The SMILES string of the molecule is CC(C(C)S(=O)(=O)O)C1(C)C(O)CCC1O. The highest BCUT2D eigenvalue weighted by Gasteiger charge is 2.52. The van der Waals surface area contributed by atoms with E-state index in [0.29, 0.717) is 12.8 Å². The molecule has 1 rings (SSSR count). The third-order valence-corrected chi connectivity index (χ3v) is 5.65. The molecule has 0 bridgehead atoms. The molecule has 0 radical (unpaired) electrons. The number of aliphatic hydroxyl groups excluding tert-OH is 2. The smallest absolute Gasteiger partial charge is 0.267 e. The quantitative estimate of drug-likeness (QED) is 0.633. The van der Waals surface area contributed by atoms with Gasteiger partial charge in [-0.05, 0) is 25.7 Å². The van der Waals surface area contributed by atoms with Crippen molar-refractivity contribution in [3.63, 3.8) is 0 Å². The van der Waals surface area contributed by atoms with E-state index in [2.05, 4.69) is 0 Å². The fourth-order valence-corrected chi connectivity index (χ4v) is 3.34. The lowest BCUT2D eigenvalue weighted by Crippen LogP contribution is -2.47. The first kappa shape index (κ1) is 13.9. The van der Waals surface area contributed by atoms with Crippen molar-refractivity contribution in [2.24, 2.45) is 11.3 Å². The summed E-state index contributed by atoms with van der Waals surface area (Å²) in [6.07, 6.45) is -0.552.